The fraction of sp³-hybridized carbons (Fsp3) is 0.182. The van der Waals surface area contributed by atoms with Gasteiger partial charge in [0, 0.05) is 17.5 Å². The zero-order valence-electron chi connectivity index (χ0n) is 16.4. The standard InChI is InChI=1S/C22H19N3O3S3/c26-21(19-10-4-12-25(19)31(27,28)20-11-5-13-29-20)24-22-23-18(14-30-22)17-9-3-7-15-6-1-2-8-16(15)17/h1-3,5-9,11,13-14,19H,4,10,12H2,(H,23,24,26). The number of thiazole rings is 1. The molecule has 9 heteroatoms. The van der Waals surface area contributed by atoms with E-state index >= 15 is 0 Å². The highest BCUT2D eigenvalue weighted by Gasteiger charge is 2.40. The fourth-order valence-corrected chi connectivity index (χ4v) is 7.40. The monoisotopic (exact) mass is 469 g/mol. The van der Waals surface area contributed by atoms with Crippen LogP contribution in [-0.4, -0.2) is 36.2 Å². The molecule has 2 aromatic heterocycles. The average Bonchev–Trinajstić information content (AvgIpc) is 3.55. The van der Waals surface area contributed by atoms with Crippen LogP contribution in [0.4, 0.5) is 5.13 Å². The third kappa shape index (κ3) is 3.78. The SMILES string of the molecule is O=C(Nc1nc(-c2cccc3ccccc23)cs1)C1CCCN1S(=O)(=O)c1cccs1. The molecule has 0 radical (unpaired) electrons. The van der Waals surface area contributed by atoms with Crippen molar-refractivity contribution in [3.8, 4) is 11.3 Å². The summed E-state index contributed by atoms with van der Waals surface area (Å²) in [5.41, 5.74) is 1.78. The van der Waals surface area contributed by atoms with Crippen LogP contribution in [0, 0.1) is 0 Å². The summed E-state index contributed by atoms with van der Waals surface area (Å²) < 4.78 is 27.4. The van der Waals surface area contributed by atoms with Crippen LogP contribution in [0.25, 0.3) is 22.0 Å². The van der Waals surface area contributed by atoms with Crippen LogP contribution >= 0.6 is 22.7 Å². The number of hydrogen-bond acceptors (Lipinski definition) is 6. The summed E-state index contributed by atoms with van der Waals surface area (Å²) in [7, 11) is -3.67. The van der Waals surface area contributed by atoms with Gasteiger partial charge in [-0.3, -0.25) is 4.79 Å². The molecule has 1 atom stereocenters. The molecule has 2 aromatic carbocycles. The highest BCUT2D eigenvalue weighted by Crippen LogP contribution is 2.32. The number of fused-ring (bicyclic) bond motifs is 1. The van der Waals surface area contributed by atoms with Crippen molar-refractivity contribution in [3.63, 3.8) is 0 Å². The van der Waals surface area contributed by atoms with E-state index in [9.17, 15) is 13.2 Å². The Kier molecular flexibility index (Phi) is 5.35. The Balaban J connectivity index is 1.37. The van der Waals surface area contributed by atoms with Gasteiger partial charge in [0.2, 0.25) is 5.91 Å². The van der Waals surface area contributed by atoms with Gasteiger partial charge in [0.1, 0.15) is 10.3 Å². The minimum Gasteiger partial charge on any atom is -0.301 e. The van der Waals surface area contributed by atoms with Gasteiger partial charge in [-0.05, 0) is 35.1 Å². The molecule has 1 fully saturated rings. The van der Waals surface area contributed by atoms with E-state index in [0.717, 1.165) is 33.4 Å². The molecule has 6 nitrogen and oxygen atoms in total. The Morgan fingerprint density at radius 3 is 2.74 bits per heavy atom. The summed E-state index contributed by atoms with van der Waals surface area (Å²) >= 11 is 2.50. The number of carbonyl (C=O) groups excluding carboxylic acids is 1. The van der Waals surface area contributed by atoms with E-state index in [0.29, 0.717) is 24.5 Å². The number of benzene rings is 2. The highest BCUT2D eigenvalue weighted by molar-refractivity contribution is 7.91. The van der Waals surface area contributed by atoms with Crippen LogP contribution < -0.4 is 5.32 Å². The number of aromatic nitrogens is 1. The Morgan fingerprint density at radius 1 is 1.06 bits per heavy atom. The van der Waals surface area contributed by atoms with Gasteiger partial charge in [0.15, 0.2) is 5.13 Å². The molecule has 1 amide bonds. The van der Waals surface area contributed by atoms with E-state index < -0.39 is 16.1 Å². The lowest BCUT2D eigenvalue weighted by Crippen LogP contribution is -2.42. The van der Waals surface area contributed by atoms with E-state index in [2.05, 4.69) is 22.4 Å². The van der Waals surface area contributed by atoms with Crippen molar-refractivity contribution in [1.82, 2.24) is 9.29 Å². The molecular weight excluding hydrogens is 450 g/mol. The Bertz CT molecular complexity index is 1340. The zero-order chi connectivity index (χ0) is 21.4. The number of carbonyl (C=O) groups is 1. The first-order chi connectivity index (χ1) is 15.0. The summed E-state index contributed by atoms with van der Waals surface area (Å²) in [6.07, 6.45) is 1.15. The molecule has 1 unspecified atom stereocenters. The minimum absolute atomic E-state index is 0.264. The van der Waals surface area contributed by atoms with Gasteiger partial charge >= 0.3 is 0 Å². The topological polar surface area (TPSA) is 79.4 Å². The first-order valence-corrected chi connectivity index (χ1v) is 13.0. The van der Waals surface area contributed by atoms with Gasteiger partial charge in [-0.1, -0.05) is 48.5 Å². The maximum atomic E-state index is 13.0. The number of nitrogens with one attached hydrogen (secondary N) is 1. The number of thiophene rings is 1. The van der Waals surface area contributed by atoms with Crippen molar-refractivity contribution in [1.29, 1.82) is 0 Å². The summed E-state index contributed by atoms with van der Waals surface area (Å²) in [5, 5.41) is 9.15. The van der Waals surface area contributed by atoms with Crippen molar-refractivity contribution in [2.24, 2.45) is 0 Å². The quantitative estimate of drug-likeness (QED) is 0.455. The molecule has 1 aliphatic heterocycles. The molecule has 3 heterocycles. The number of sulfonamides is 1. The normalized spacial score (nSPS) is 17.2. The first-order valence-electron chi connectivity index (χ1n) is 9.84. The number of anilines is 1. The van der Waals surface area contributed by atoms with Crippen LogP contribution in [0.3, 0.4) is 0 Å². The van der Waals surface area contributed by atoms with Crippen molar-refractivity contribution >= 4 is 54.5 Å². The smallest absolute Gasteiger partial charge is 0.253 e. The van der Waals surface area contributed by atoms with Crippen molar-refractivity contribution in [2.75, 3.05) is 11.9 Å². The molecule has 1 saturated heterocycles. The van der Waals surface area contributed by atoms with Gasteiger partial charge in [0.25, 0.3) is 10.0 Å². The summed E-state index contributed by atoms with van der Waals surface area (Å²) in [6.45, 7) is 0.345. The Hall–Kier alpha value is -2.59. The average molecular weight is 470 g/mol. The molecule has 1 N–H and O–H groups in total. The van der Waals surface area contributed by atoms with Crippen molar-refractivity contribution < 1.29 is 13.2 Å². The lowest BCUT2D eigenvalue weighted by molar-refractivity contribution is -0.119. The highest BCUT2D eigenvalue weighted by atomic mass is 32.2. The largest absolute Gasteiger partial charge is 0.301 e. The van der Waals surface area contributed by atoms with Gasteiger partial charge in [-0.25, -0.2) is 13.4 Å². The first kappa shape index (κ1) is 20.3. The van der Waals surface area contributed by atoms with E-state index in [-0.39, 0.29) is 10.1 Å². The van der Waals surface area contributed by atoms with E-state index in [1.165, 1.54) is 15.6 Å². The van der Waals surface area contributed by atoms with Crippen molar-refractivity contribution in [2.45, 2.75) is 23.1 Å². The lowest BCUT2D eigenvalue weighted by atomic mass is 10.0. The van der Waals surface area contributed by atoms with Crippen molar-refractivity contribution in [3.05, 3.63) is 65.4 Å². The van der Waals surface area contributed by atoms with Crippen LogP contribution in [0.15, 0.2) is 69.6 Å². The second-order valence-corrected chi connectivity index (χ2v) is 11.2. The molecule has 0 spiro atoms. The molecule has 0 aliphatic carbocycles. The Morgan fingerprint density at radius 2 is 1.90 bits per heavy atom. The van der Waals surface area contributed by atoms with E-state index in [1.807, 2.05) is 35.7 Å². The molecule has 5 rings (SSSR count). The van der Waals surface area contributed by atoms with E-state index in [4.69, 9.17) is 0 Å². The molecule has 0 saturated carbocycles. The van der Waals surface area contributed by atoms with Gasteiger partial charge in [-0.15, -0.1) is 22.7 Å². The summed E-state index contributed by atoms with van der Waals surface area (Å²) in [4.78, 5) is 17.6. The zero-order valence-corrected chi connectivity index (χ0v) is 18.8. The second kappa shape index (κ2) is 8.16. The molecule has 4 aromatic rings. The summed E-state index contributed by atoms with van der Waals surface area (Å²) in [5.74, 6) is -0.337. The van der Waals surface area contributed by atoms with Crippen LogP contribution in [0.2, 0.25) is 0 Å². The predicted octanol–water partition coefficient (Wildman–Crippen LogP) is 4.82. The molecule has 31 heavy (non-hydrogen) atoms. The minimum atomic E-state index is -3.67. The number of hydrogen-bond donors (Lipinski definition) is 1. The fourth-order valence-electron chi connectivity index (χ4n) is 3.91. The van der Waals surface area contributed by atoms with Gasteiger partial charge in [0.05, 0.1) is 5.69 Å². The number of nitrogens with zero attached hydrogens (tertiary/aromatic N) is 2. The van der Waals surface area contributed by atoms with E-state index in [1.54, 1.807) is 17.5 Å². The maximum Gasteiger partial charge on any atom is 0.253 e. The third-order valence-corrected chi connectivity index (χ3v) is 9.40. The number of amides is 1. The molecule has 158 valence electrons. The number of rotatable bonds is 5. The summed E-state index contributed by atoms with van der Waals surface area (Å²) in [6, 6.07) is 16.7. The third-order valence-electron chi connectivity index (χ3n) is 5.36. The Labute approximate surface area is 188 Å². The van der Waals surface area contributed by atoms with Crippen LogP contribution in [0.5, 0.6) is 0 Å². The molecule has 0 bridgehead atoms. The molecular formula is C22H19N3O3S3. The lowest BCUT2D eigenvalue weighted by Gasteiger charge is -2.22. The predicted molar refractivity (Wildman–Crippen MR) is 125 cm³/mol. The van der Waals surface area contributed by atoms with Gasteiger partial charge < -0.3 is 5.32 Å². The molecule has 1 aliphatic rings. The second-order valence-electron chi connectivity index (χ2n) is 7.26. The van der Waals surface area contributed by atoms with Crippen LogP contribution in [0.1, 0.15) is 12.8 Å². The van der Waals surface area contributed by atoms with Gasteiger partial charge in [-0.2, -0.15) is 4.31 Å². The van der Waals surface area contributed by atoms with Crippen LogP contribution in [-0.2, 0) is 14.8 Å². The maximum absolute atomic E-state index is 13.0.